The molecule has 0 aliphatic rings. The molecule has 2 rings (SSSR count). The fourth-order valence-electron chi connectivity index (χ4n) is 1.22. The van der Waals surface area contributed by atoms with Crippen molar-refractivity contribution >= 4 is 11.3 Å². The van der Waals surface area contributed by atoms with Gasteiger partial charge in [-0.15, -0.1) is 11.3 Å². The summed E-state index contributed by atoms with van der Waals surface area (Å²) in [4.78, 5) is 4.25. The van der Waals surface area contributed by atoms with Crippen LogP contribution in [0.15, 0.2) is 29.9 Å². The van der Waals surface area contributed by atoms with Gasteiger partial charge in [0.1, 0.15) is 5.01 Å². The van der Waals surface area contributed by atoms with Crippen LogP contribution in [-0.4, -0.2) is 15.2 Å². The number of nitrogens with one attached hydrogen (secondary N) is 1. The highest BCUT2D eigenvalue weighted by molar-refractivity contribution is 7.09. The smallest absolute Gasteiger partial charge is 0.109 e. The molecule has 0 aromatic carbocycles. The van der Waals surface area contributed by atoms with E-state index in [-0.39, 0.29) is 6.04 Å². The largest absolute Gasteiger partial charge is 0.302 e. The van der Waals surface area contributed by atoms with Gasteiger partial charge in [-0.25, -0.2) is 4.98 Å². The Labute approximate surface area is 92.4 Å². The molecule has 78 valence electrons. The summed E-state index contributed by atoms with van der Waals surface area (Å²) in [6, 6.07) is 4.10. The Balaban J connectivity index is 1.89. The average Bonchev–Trinajstić information content (AvgIpc) is 2.81. The van der Waals surface area contributed by atoms with Gasteiger partial charge in [-0.1, -0.05) is 0 Å². The Morgan fingerprint density at radius 2 is 2.40 bits per heavy atom. The van der Waals surface area contributed by atoms with Gasteiger partial charge in [0.25, 0.3) is 0 Å². The average molecular weight is 220 g/mol. The molecule has 2 aromatic rings. The lowest BCUT2D eigenvalue weighted by atomic mass is 10.3. The fourth-order valence-corrected chi connectivity index (χ4v) is 1.89. The zero-order valence-corrected chi connectivity index (χ0v) is 9.24. The van der Waals surface area contributed by atoms with E-state index in [1.807, 2.05) is 23.7 Å². The van der Waals surface area contributed by atoms with Crippen molar-refractivity contribution in [2.45, 2.75) is 19.5 Å². The molecule has 0 bridgehead atoms. The maximum absolute atomic E-state index is 4.25. The van der Waals surface area contributed by atoms with Gasteiger partial charge < -0.3 is 5.32 Å². The molecule has 1 unspecified atom stereocenters. The van der Waals surface area contributed by atoms with Gasteiger partial charge in [-0.3, -0.25) is 0 Å². The van der Waals surface area contributed by atoms with Crippen molar-refractivity contribution in [2.75, 3.05) is 0 Å². The summed E-state index contributed by atoms with van der Waals surface area (Å²) in [5, 5.41) is 14.2. The highest BCUT2D eigenvalue weighted by Gasteiger charge is 2.06. The molecule has 0 fully saturated rings. The molecule has 4 nitrogen and oxygen atoms in total. The number of hydrogen-bond acceptors (Lipinski definition) is 5. The maximum Gasteiger partial charge on any atom is 0.109 e. The van der Waals surface area contributed by atoms with E-state index in [0.717, 1.165) is 10.7 Å². The predicted molar refractivity (Wildman–Crippen MR) is 59.4 cm³/mol. The van der Waals surface area contributed by atoms with E-state index in [9.17, 15) is 0 Å². The van der Waals surface area contributed by atoms with Gasteiger partial charge >= 0.3 is 0 Å². The molecule has 2 aromatic heterocycles. The molecule has 0 saturated heterocycles. The SMILES string of the molecule is CC(NCc1cccnn1)c1nccs1. The molecule has 1 atom stereocenters. The first-order valence-electron chi connectivity index (χ1n) is 4.75. The van der Waals surface area contributed by atoms with Crippen LogP contribution in [-0.2, 0) is 6.54 Å². The van der Waals surface area contributed by atoms with Crippen LogP contribution in [0.2, 0.25) is 0 Å². The Bertz CT molecular complexity index is 387. The summed E-state index contributed by atoms with van der Waals surface area (Å²) in [5.74, 6) is 0. The van der Waals surface area contributed by atoms with Crippen molar-refractivity contribution in [3.63, 3.8) is 0 Å². The van der Waals surface area contributed by atoms with Crippen LogP contribution < -0.4 is 5.32 Å². The van der Waals surface area contributed by atoms with Crippen LogP contribution >= 0.6 is 11.3 Å². The maximum atomic E-state index is 4.25. The van der Waals surface area contributed by atoms with Gasteiger partial charge in [0, 0.05) is 24.3 Å². The van der Waals surface area contributed by atoms with E-state index in [0.29, 0.717) is 6.54 Å². The second kappa shape index (κ2) is 4.95. The third kappa shape index (κ3) is 2.81. The van der Waals surface area contributed by atoms with Crippen LogP contribution in [0.5, 0.6) is 0 Å². The minimum Gasteiger partial charge on any atom is -0.302 e. The molecule has 0 aliphatic heterocycles. The molecule has 2 heterocycles. The normalized spacial score (nSPS) is 12.6. The number of nitrogens with zero attached hydrogens (tertiary/aromatic N) is 3. The van der Waals surface area contributed by atoms with E-state index in [4.69, 9.17) is 0 Å². The second-order valence-corrected chi connectivity index (χ2v) is 4.11. The second-order valence-electron chi connectivity index (χ2n) is 3.19. The predicted octanol–water partition coefficient (Wildman–Crippen LogP) is 1.78. The Hall–Kier alpha value is -1.33. The van der Waals surface area contributed by atoms with Gasteiger partial charge in [0.15, 0.2) is 0 Å². The third-order valence-corrected chi connectivity index (χ3v) is 3.00. The highest BCUT2D eigenvalue weighted by Crippen LogP contribution is 2.14. The first kappa shape index (κ1) is 10.2. The topological polar surface area (TPSA) is 50.7 Å². The van der Waals surface area contributed by atoms with E-state index in [1.165, 1.54) is 0 Å². The molecule has 0 saturated carbocycles. The minimum atomic E-state index is 0.256. The van der Waals surface area contributed by atoms with Crippen LogP contribution in [0.1, 0.15) is 23.7 Å². The zero-order valence-electron chi connectivity index (χ0n) is 8.42. The summed E-state index contributed by atoms with van der Waals surface area (Å²) >= 11 is 1.66. The van der Waals surface area contributed by atoms with E-state index >= 15 is 0 Å². The molecular formula is C10H12N4S. The third-order valence-electron chi connectivity index (χ3n) is 2.04. The van der Waals surface area contributed by atoms with Crippen molar-refractivity contribution < 1.29 is 0 Å². The molecular weight excluding hydrogens is 208 g/mol. The van der Waals surface area contributed by atoms with Crippen LogP contribution in [0.25, 0.3) is 0 Å². The number of rotatable bonds is 4. The Morgan fingerprint density at radius 1 is 1.47 bits per heavy atom. The van der Waals surface area contributed by atoms with Crippen molar-refractivity contribution in [2.24, 2.45) is 0 Å². The minimum absolute atomic E-state index is 0.256. The van der Waals surface area contributed by atoms with Gasteiger partial charge in [-0.2, -0.15) is 10.2 Å². The molecule has 0 spiro atoms. The quantitative estimate of drug-likeness (QED) is 0.853. The molecule has 1 N–H and O–H groups in total. The molecule has 5 heteroatoms. The lowest BCUT2D eigenvalue weighted by molar-refractivity contribution is 0.561. The zero-order chi connectivity index (χ0) is 10.5. The number of aromatic nitrogens is 3. The Morgan fingerprint density at radius 3 is 3.07 bits per heavy atom. The van der Waals surface area contributed by atoms with E-state index in [1.54, 1.807) is 17.5 Å². The van der Waals surface area contributed by atoms with Crippen LogP contribution in [0.4, 0.5) is 0 Å². The van der Waals surface area contributed by atoms with Crippen molar-refractivity contribution in [1.82, 2.24) is 20.5 Å². The Kier molecular flexibility index (Phi) is 3.37. The van der Waals surface area contributed by atoms with E-state index < -0.39 is 0 Å². The molecule has 0 aliphatic carbocycles. The summed E-state index contributed by atoms with van der Waals surface area (Å²) in [6.07, 6.45) is 3.49. The van der Waals surface area contributed by atoms with Crippen molar-refractivity contribution in [1.29, 1.82) is 0 Å². The lowest BCUT2D eigenvalue weighted by Crippen LogP contribution is -2.18. The van der Waals surface area contributed by atoms with E-state index in [2.05, 4.69) is 27.4 Å². The molecule has 15 heavy (non-hydrogen) atoms. The summed E-state index contributed by atoms with van der Waals surface area (Å²) in [5.41, 5.74) is 0.945. The standard InChI is InChI=1S/C10H12N4S/c1-8(10-11-5-6-15-10)12-7-9-3-2-4-13-14-9/h2-6,8,12H,7H2,1H3. The first-order valence-corrected chi connectivity index (χ1v) is 5.63. The van der Waals surface area contributed by atoms with Gasteiger partial charge in [-0.05, 0) is 19.1 Å². The van der Waals surface area contributed by atoms with Crippen LogP contribution in [0.3, 0.4) is 0 Å². The monoisotopic (exact) mass is 220 g/mol. The van der Waals surface area contributed by atoms with Crippen molar-refractivity contribution in [3.05, 3.63) is 40.6 Å². The molecule has 0 amide bonds. The summed E-state index contributed by atoms with van der Waals surface area (Å²) in [6.45, 7) is 2.81. The van der Waals surface area contributed by atoms with Crippen LogP contribution in [0, 0.1) is 0 Å². The summed E-state index contributed by atoms with van der Waals surface area (Å²) in [7, 11) is 0. The first-order chi connectivity index (χ1) is 7.36. The summed E-state index contributed by atoms with van der Waals surface area (Å²) < 4.78 is 0. The van der Waals surface area contributed by atoms with Gasteiger partial charge in [0.05, 0.1) is 11.7 Å². The van der Waals surface area contributed by atoms with Gasteiger partial charge in [0.2, 0.25) is 0 Å². The fraction of sp³-hybridized carbons (Fsp3) is 0.300. The van der Waals surface area contributed by atoms with Crippen molar-refractivity contribution in [3.8, 4) is 0 Å². The highest BCUT2D eigenvalue weighted by atomic mass is 32.1. The number of hydrogen-bond donors (Lipinski definition) is 1. The molecule has 0 radical (unpaired) electrons. The lowest BCUT2D eigenvalue weighted by Gasteiger charge is -2.09. The number of thiazole rings is 1.